The monoisotopic (exact) mass is 275 g/mol. The third-order valence-electron chi connectivity index (χ3n) is 2.99. The molecule has 3 nitrogen and oxygen atoms in total. The van der Waals surface area contributed by atoms with Crippen LogP contribution < -0.4 is 5.73 Å². The summed E-state index contributed by atoms with van der Waals surface area (Å²) in [4.78, 5) is 1.25. The molecule has 0 bridgehead atoms. The van der Waals surface area contributed by atoms with Crippen molar-refractivity contribution in [1.29, 1.82) is 0 Å². The summed E-state index contributed by atoms with van der Waals surface area (Å²) in [6.45, 7) is 6.27. The second-order valence-corrected chi connectivity index (χ2v) is 6.08. The van der Waals surface area contributed by atoms with E-state index in [2.05, 4.69) is 49.3 Å². The van der Waals surface area contributed by atoms with Crippen molar-refractivity contribution >= 4 is 11.8 Å². The maximum absolute atomic E-state index is 5.84. The van der Waals surface area contributed by atoms with E-state index in [0.717, 1.165) is 11.4 Å². The van der Waals surface area contributed by atoms with Gasteiger partial charge in [0.1, 0.15) is 0 Å². The molecule has 2 rings (SSSR count). The van der Waals surface area contributed by atoms with Crippen LogP contribution in [0.25, 0.3) is 0 Å². The van der Waals surface area contributed by atoms with Gasteiger partial charge >= 0.3 is 0 Å². The van der Waals surface area contributed by atoms with Gasteiger partial charge in [-0.25, -0.2) is 0 Å². The van der Waals surface area contributed by atoms with Gasteiger partial charge < -0.3 is 5.73 Å². The Hall–Kier alpha value is -1.26. The zero-order chi connectivity index (χ0) is 13.8. The second kappa shape index (κ2) is 6.26. The lowest BCUT2D eigenvalue weighted by atomic mass is 10.1. The smallest absolute Gasteiger partial charge is 0.0727 e. The van der Waals surface area contributed by atoms with Crippen LogP contribution in [0.1, 0.15) is 44.1 Å². The molecule has 1 atom stereocenters. The number of thioether (sulfide) groups is 1. The van der Waals surface area contributed by atoms with Crippen LogP contribution in [0.5, 0.6) is 0 Å². The molecule has 2 N–H and O–H groups in total. The van der Waals surface area contributed by atoms with Gasteiger partial charge in [-0.05, 0) is 44.5 Å². The third-order valence-corrected chi connectivity index (χ3v) is 4.03. The summed E-state index contributed by atoms with van der Waals surface area (Å²) in [5.74, 6) is 0.900. The van der Waals surface area contributed by atoms with Gasteiger partial charge in [-0.15, -0.1) is 11.8 Å². The second-order valence-electron chi connectivity index (χ2n) is 5.03. The fraction of sp³-hybridized carbons (Fsp3) is 0.400. The molecule has 0 aliphatic rings. The number of hydrogen-bond donors (Lipinski definition) is 1. The average molecular weight is 275 g/mol. The van der Waals surface area contributed by atoms with E-state index < -0.39 is 0 Å². The maximum atomic E-state index is 5.84. The number of nitrogens with zero attached hydrogens (tertiary/aromatic N) is 2. The normalized spacial score (nSPS) is 12.9. The van der Waals surface area contributed by atoms with Crippen LogP contribution in [-0.4, -0.2) is 9.78 Å². The molecule has 102 valence electrons. The van der Waals surface area contributed by atoms with Crippen LogP contribution in [0.4, 0.5) is 0 Å². The first kappa shape index (κ1) is 14.2. The summed E-state index contributed by atoms with van der Waals surface area (Å²) in [7, 11) is 0. The molecule has 0 aliphatic carbocycles. The molecule has 1 unspecified atom stereocenters. The summed E-state index contributed by atoms with van der Waals surface area (Å²) in [6.07, 6.45) is 2.04. The molecular formula is C15H21N3S. The third kappa shape index (κ3) is 3.85. The molecule has 1 aromatic heterocycles. The van der Waals surface area contributed by atoms with Crippen molar-refractivity contribution in [1.82, 2.24) is 9.78 Å². The van der Waals surface area contributed by atoms with Gasteiger partial charge in [0.2, 0.25) is 0 Å². The van der Waals surface area contributed by atoms with Crippen molar-refractivity contribution < 1.29 is 0 Å². The minimum Gasteiger partial charge on any atom is -0.324 e. The van der Waals surface area contributed by atoms with Crippen LogP contribution in [-0.2, 0) is 5.75 Å². The Morgan fingerprint density at radius 1 is 1.16 bits per heavy atom. The first-order valence-corrected chi connectivity index (χ1v) is 7.57. The minimum atomic E-state index is 0.0980. The zero-order valence-electron chi connectivity index (χ0n) is 11.7. The molecule has 4 heteroatoms. The highest BCUT2D eigenvalue weighted by Gasteiger charge is 2.04. The van der Waals surface area contributed by atoms with E-state index in [1.165, 1.54) is 10.5 Å². The highest BCUT2D eigenvalue weighted by Crippen LogP contribution is 2.23. The molecule has 1 aromatic carbocycles. The van der Waals surface area contributed by atoms with Crippen molar-refractivity contribution in [2.24, 2.45) is 5.73 Å². The summed E-state index contributed by atoms with van der Waals surface area (Å²) < 4.78 is 2.00. The summed E-state index contributed by atoms with van der Waals surface area (Å²) in [5, 5.41) is 4.55. The van der Waals surface area contributed by atoms with Crippen molar-refractivity contribution in [2.45, 2.75) is 43.5 Å². The van der Waals surface area contributed by atoms with Gasteiger partial charge in [-0.1, -0.05) is 12.1 Å². The van der Waals surface area contributed by atoms with E-state index in [-0.39, 0.29) is 6.04 Å². The van der Waals surface area contributed by atoms with Gasteiger partial charge in [0, 0.05) is 28.9 Å². The fourth-order valence-electron chi connectivity index (χ4n) is 1.77. The molecule has 2 aromatic rings. The Morgan fingerprint density at radius 3 is 2.37 bits per heavy atom. The maximum Gasteiger partial charge on any atom is 0.0727 e. The Kier molecular flexibility index (Phi) is 4.66. The van der Waals surface area contributed by atoms with Gasteiger partial charge in [0.05, 0.1) is 5.69 Å². The minimum absolute atomic E-state index is 0.0980. The predicted molar refractivity (Wildman–Crippen MR) is 81.2 cm³/mol. The average Bonchev–Trinajstić information content (AvgIpc) is 2.86. The van der Waals surface area contributed by atoms with Crippen LogP contribution >= 0.6 is 11.8 Å². The molecule has 19 heavy (non-hydrogen) atoms. The van der Waals surface area contributed by atoms with E-state index in [9.17, 15) is 0 Å². The quantitative estimate of drug-likeness (QED) is 0.845. The van der Waals surface area contributed by atoms with Gasteiger partial charge in [-0.3, -0.25) is 4.68 Å². The molecule has 0 fully saturated rings. The number of nitrogens with two attached hydrogens (primary N) is 1. The zero-order valence-corrected chi connectivity index (χ0v) is 12.5. The van der Waals surface area contributed by atoms with E-state index >= 15 is 0 Å². The highest BCUT2D eigenvalue weighted by atomic mass is 32.2. The lowest BCUT2D eigenvalue weighted by Gasteiger charge is -2.06. The molecule has 1 heterocycles. The predicted octanol–water partition coefficient (Wildman–Crippen LogP) is 3.78. The first-order chi connectivity index (χ1) is 9.06. The Labute approximate surface area is 119 Å². The molecule has 0 saturated heterocycles. The lowest BCUT2D eigenvalue weighted by molar-refractivity contribution is 0.529. The Balaban J connectivity index is 1.94. The van der Waals surface area contributed by atoms with Gasteiger partial charge in [0.15, 0.2) is 0 Å². The highest BCUT2D eigenvalue weighted by molar-refractivity contribution is 7.98. The van der Waals surface area contributed by atoms with E-state index in [1.807, 2.05) is 17.8 Å². The molecule has 0 radical (unpaired) electrons. The largest absolute Gasteiger partial charge is 0.324 e. The van der Waals surface area contributed by atoms with Crippen LogP contribution in [0, 0.1) is 0 Å². The Morgan fingerprint density at radius 2 is 1.84 bits per heavy atom. The number of hydrogen-bond acceptors (Lipinski definition) is 3. The first-order valence-electron chi connectivity index (χ1n) is 6.58. The molecule has 0 spiro atoms. The van der Waals surface area contributed by atoms with Gasteiger partial charge in [0.25, 0.3) is 0 Å². The topological polar surface area (TPSA) is 43.8 Å². The molecule has 0 amide bonds. The molecule has 0 aliphatic heterocycles. The number of aromatic nitrogens is 2. The van der Waals surface area contributed by atoms with E-state index in [4.69, 9.17) is 5.73 Å². The van der Waals surface area contributed by atoms with E-state index in [0.29, 0.717) is 6.04 Å². The number of benzene rings is 1. The van der Waals surface area contributed by atoms with Crippen LogP contribution in [0.15, 0.2) is 41.4 Å². The van der Waals surface area contributed by atoms with Crippen molar-refractivity contribution in [2.75, 3.05) is 0 Å². The van der Waals surface area contributed by atoms with Crippen LogP contribution in [0.2, 0.25) is 0 Å². The summed E-state index contributed by atoms with van der Waals surface area (Å²) in [5.41, 5.74) is 8.14. The Bertz CT molecular complexity index is 514. The standard InChI is InChI=1S/C15H21N3S/c1-11(2)18-9-8-14(17-18)10-19-15-6-4-13(5-7-15)12(3)16/h4-9,11-12H,10,16H2,1-3H3. The SMILES string of the molecule is CC(N)c1ccc(SCc2ccn(C(C)C)n2)cc1. The fourth-order valence-corrected chi connectivity index (χ4v) is 2.56. The van der Waals surface area contributed by atoms with E-state index in [1.54, 1.807) is 11.8 Å². The molecular weight excluding hydrogens is 254 g/mol. The van der Waals surface area contributed by atoms with Crippen LogP contribution in [0.3, 0.4) is 0 Å². The summed E-state index contributed by atoms with van der Waals surface area (Å²) >= 11 is 1.80. The summed E-state index contributed by atoms with van der Waals surface area (Å²) in [6, 6.07) is 11.1. The molecule has 0 saturated carbocycles. The number of rotatable bonds is 5. The van der Waals surface area contributed by atoms with Crippen molar-refractivity contribution in [3.05, 3.63) is 47.8 Å². The lowest BCUT2D eigenvalue weighted by Crippen LogP contribution is -2.04. The van der Waals surface area contributed by atoms with Crippen molar-refractivity contribution in [3.8, 4) is 0 Å². The van der Waals surface area contributed by atoms with Crippen molar-refractivity contribution in [3.63, 3.8) is 0 Å². The van der Waals surface area contributed by atoms with Gasteiger partial charge in [-0.2, -0.15) is 5.10 Å².